The van der Waals surface area contributed by atoms with Crippen molar-refractivity contribution in [3.8, 4) is 0 Å². The zero-order valence-corrected chi connectivity index (χ0v) is 14.6. The Balaban J connectivity index is 1.64. The number of nitrogens with one attached hydrogen (secondary N) is 1. The maximum Gasteiger partial charge on any atom is 0.238 e. The Hall–Kier alpha value is -2.41. The van der Waals surface area contributed by atoms with Crippen LogP contribution in [0.3, 0.4) is 0 Å². The average molecular weight is 374 g/mol. The first-order valence-corrected chi connectivity index (χ1v) is 9.37. The highest BCUT2D eigenvalue weighted by atomic mass is 32.2. The van der Waals surface area contributed by atoms with Crippen LogP contribution in [0.25, 0.3) is 0 Å². The van der Waals surface area contributed by atoms with Gasteiger partial charge in [0.05, 0.1) is 11.4 Å². The van der Waals surface area contributed by atoms with E-state index in [1.54, 1.807) is 18.2 Å². The number of hydrogen-bond donors (Lipinski definition) is 1. The minimum Gasteiger partial charge on any atom is -0.326 e. The van der Waals surface area contributed by atoms with Crippen LogP contribution in [0.4, 0.5) is 20.2 Å². The molecule has 26 heavy (non-hydrogen) atoms. The van der Waals surface area contributed by atoms with Crippen molar-refractivity contribution in [3.63, 3.8) is 0 Å². The van der Waals surface area contributed by atoms with Gasteiger partial charge in [0.25, 0.3) is 0 Å². The first-order valence-electron chi connectivity index (χ1n) is 8.32. The topological polar surface area (TPSA) is 49.4 Å². The summed E-state index contributed by atoms with van der Waals surface area (Å²) in [5.74, 6) is -1.28. The number of anilines is 2. The van der Waals surface area contributed by atoms with E-state index in [1.165, 1.54) is 16.7 Å². The highest BCUT2D eigenvalue weighted by Crippen LogP contribution is 2.43. The lowest BCUT2D eigenvalue weighted by Gasteiger charge is -2.25. The molecule has 2 fully saturated rings. The summed E-state index contributed by atoms with van der Waals surface area (Å²) in [4.78, 5) is 25.6. The van der Waals surface area contributed by atoms with Gasteiger partial charge in [-0.25, -0.2) is 8.78 Å². The summed E-state index contributed by atoms with van der Waals surface area (Å²) < 4.78 is 27.8. The molecule has 1 N–H and O–H groups in total. The highest BCUT2D eigenvalue weighted by Gasteiger charge is 2.36. The maximum absolute atomic E-state index is 14.2. The number of halogens is 2. The van der Waals surface area contributed by atoms with E-state index in [0.29, 0.717) is 5.69 Å². The number of carbonyl (C=O) groups is 2. The van der Waals surface area contributed by atoms with Gasteiger partial charge in [-0.05, 0) is 42.7 Å². The standard InChI is InChI=1S/C19H16F2N2O2S/c20-13-6-7-15(21)16(9-13)23-17(24)10-26-19(23)12-2-1-3-14(8-12)22-18(25)11-4-5-11/h1-3,6-9,11,19H,4-5,10H2,(H,22,25). The number of rotatable bonds is 4. The first-order chi connectivity index (χ1) is 12.5. The van der Waals surface area contributed by atoms with Gasteiger partial charge in [-0.1, -0.05) is 12.1 Å². The van der Waals surface area contributed by atoms with Gasteiger partial charge in [0.2, 0.25) is 11.8 Å². The van der Waals surface area contributed by atoms with Crippen LogP contribution >= 0.6 is 11.8 Å². The molecule has 2 aliphatic rings. The number of hydrogen-bond acceptors (Lipinski definition) is 3. The third-order valence-corrected chi connectivity index (χ3v) is 5.64. The van der Waals surface area contributed by atoms with Crippen molar-refractivity contribution < 1.29 is 18.4 Å². The summed E-state index contributed by atoms with van der Waals surface area (Å²) in [7, 11) is 0. The fraction of sp³-hybridized carbons (Fsp3) is 0.263. The predicted molar refractivity (Wildman–Crippen MR) is 96.8 cm³/mol. The van der Waals surface area contributed by atoms with Gasteiger partial charge in [0.1, 0.15) is 17.0 Å². The molecule has 134 valence electrons. The maximum atomic E-state index is 14.2. The van der Waals surface area contributed by atoms with Crippen LogP contribution < -0.4 is 10.2 Å². The molecular weight excluding hydrogens is 358 g/mol. The SMILES string of the molecule is O=C(Nc1cccc(C2SCC(=O)N2c2cc(F)ccc2F)c1)C1CC1. The van der Waals surface area contributed by atoms with E-state index in [1.807, 2.05) is 6.07 Å². The van der Waals surface area contributed by atoms with Gasteiger partial charge in [-0.3, -0.25) is 14.5 Å². The number of nitrogens with zero attached hydrogens (tertiary/aromatic N) is 1. The number of carbonyl (C=O) groups excluding carboxylic acids is 2. The molecule has 1 aliphatic carbocycles. The van der Waals surface area contributed by atoms with E-state index in [9.17, 15) is 18.4 Å². The van der Waals surface area contributed by atoms with Crippen LogP contribution in [0.15, 0.2) is 42.5 Å². The molecule has 1 aliphatic heterocycles. The summed E-state index contributed by atoms with van der Waals surface area (Å²) in [6.45, 7) is 0. The Morgan fingerprint density at radius 2 is 1.96 bits per heavy atom. The van der Waals surface area contributed by atoms with Crippen LogP contribution in [0.2, 0.25) is 0 Å². The fourth-order valence-corrected chi connectivity index (χ4v) is 4.12. The molecule has 2 aromatic carbocycles. The van der Waals surface area contributed by atoms with Gasteiger partial charge in [0.15, 0.2) is 0 Å². The molecule has 0 aromatic heterocycles. The minimum atomic E-state index is -0.648. The number of amides is 2. The van der Waals surface area contributed by atoms with Crippen molar-refractivity contribution in [3.05, 3.63) is 59.7 Å². The van der Waals surface area contributed by atoms with Crippen molar-refractivity contribution >= 4 is 35.0 Å². The van der Waals surface area contributed by atoms with Gasteiger partial charge in [-0.2, -0.15) is 0 Å². The Bertz CT molecular complexity index is 886. The summed E-state index contributed by atoms with van der Waals surface area (Å²) in [6, 6.07) is 10.2. The number of thioether (sulfide) groups is 1. The van der Waals surface area contributed by atoms with Crippen LogP contribution in [0.5, 0.6) is 0 Å². The van der Waals surface area contributed by atoms with E-state index < -0.39 is 17.0 Å². The van der Waals surface area contributed by atoms with Crippen molar-refractivity contribution in [2.75, 3.05) is 16.0 Å². The molecule has 1 atom stereocenters. The van der Waals surface area contributed by atoms with Crippen molar-refractivity contribution in [2.24, 2.45) is 5.92 Å². The van der Waals surface area contributed by atoms with E-state index in [2.05, 4.69) is 5.32 Å². The zero-order chi connectivity index (χ0) is 18.3. The van der Waals surface area contributed by atoms with Crippen LogP contribution in [0.1, 0.15) is 23.8 Å². The predicted octanol–water partition coefficient (Wildman–Crippen LogP) is 4.09. The summed E-state index contributed by atoms with van der Waals surface area (Å²) in [6.07, 6.45) is 1.82. The third-order valence-electron chi connectivity index (χ3n) is 4.42. The molecular formula is C19H16F2N2O2S. The van der Waals surface area contributed by atoms with Crippen LogP contribution in [-0.4, -0.2) is 17.6 Å². The Labute approximate surface area is 153 Å². The average Bonchev–Trinajstić information content (AvgIpc) is 3.40. The molecule has 1 saturated heterocycles. The molecule has 1 saturated carbocycles. The van der Waals surface area contributed by atoms with Gasteiger partial charge in [0, 0.05) is 17.7 Å². The minimum absolute atomic E-state index is 0.00895. The van der Waals surface area contributed by atoms with E-state index >= 15 is 0 Å². The van der Waals surface area contributed by atoms with Crippen molar-refractivity contribution in [1.82, 2.24) is 0 Å². The molecule has 1 unspecified atom stereocenters. The molecule has 4 rings (SSSR count). The second-order valence-electron chi connectivity index (χ2n) is 6.41. The summed E-state index contributed by atoms with van der Waals surface area (Å²) in [5.41, 5.74) is 1.31. The lowest BCUT2D eigenvalue weighted by molar-refractivity contribution is -0.117. The van der Waals surface area contributed by atoms with Gasteiger partial charge < -0.3 is 5.32 Å². The van der Waals surface area contributed by atoms with E-state index in [-0.39, 0.29) is 29.2 Å². The van der Waals surface area contributed by atoms with Crippen molar-refractivity contribution in [2.45, 2.75) is 18.2 Å². The van der Waals surface area contributed by atoms with Crippen LogP contribution in [0, 0.1) is 17.6 Å². The largest absolute Gasteiger partial charge is 0.326 e. The smallest absolute Gasteiger partial charge is 0.238 e. The Morgan fingerprint density at radius 3 is 2.73 bits per heavy atom. The molecule has 7 heteroatoms. The normalized spacial score (nSPS) is 19.7. The third kappa shape index (κ3) is 3.31. The monoisotopic (exact) mass is 374 g/mol. The second kappa shape index (κ2) is 6.72. The molecule has 0 bridgehead atoms. The first kappa shape index (κ1) is 17.0. The highest BCUT2D eigenvalue weighted by molar-refractivity contribution is 8.00. The van der Waals surface area contributed by atoms with Gasteiger partial charge in [-0.15, -0.1) is 11.8 Å². The van der Waals surface area contributed by atoms with E-state index in [4.69, 9.17) is 0 Å². The molecule has 2 aromatic rings. The molecule has 1 heterocycles. The quantitative estimate of drug-likeness (QED) is 0.877. The molecule has 4 nitrogen and oxygen atoms in total. The lowest BCUT2D eigenvalue weighted by atomic mass is 10.1. The van der Waals surface area contributed by atoms with E-state index in [0.717, 1.165) is 36.6 Å². The van der Waals surface area contributed by atoms with Crippen LogP contribution in [-0.2, 0) is 9.59 Å². The zero-order valence-electron chi connectivity index (χ0n) is 13.7. The fourth-order valence-electron chi connectivity index (χ4n) is 2.96. The summed E-state index contributed by atoms with van der Waals surface area (Å²) in [5, 5.41) is 2.39. The number of benzene rings is 2. The molecule has 2 amide bonds. The summed E-state index contributed by atoms with van der Waals surface area (Å²) >= 11 is 1.34. The lowest BCUT2D eigenvalue weighted by Crippen LogP contribution is -2.29. The second-order valence-corrected chi connectivity index (χ2v) is 7.48. The molecule has 0 radical (unpaired) electrons. The Morgan fingerprint density at radius 1 is 1.15 bits per heavy atom. The molecule has 0 spiro atoms. The Kier molecular flexibility index (Phi) is 4.40. The van der Waals surface area contributed by atoms with Crippen molar-refractivity contribution in [1.29, 1.82) is 0 Å². The van der Waals surface area contributed by atoms with Gasteiger partial charge >= 0.3 is 0 Å².